The van der Waals surface area contributed by atoms with Crippen molar-refractivity contribution in [2.45, 2.75) is 88.9 Å². The van der Waals surface area contributed by atoms with E-state index in [0.29, 0.717) is 13.2 Å². The van der Waals surface area contributed by atoms with Crippen molar-refractivity contribution in [3.8, 4) is 0 Å². The lowest BCUT2D eigenvalue weighted by Gasteiger charge is -2.31. The van der Waals surface area contributed by atoms with Gasteiger partial charge in [-0.15, -0.1) is 22.7 Å². The van der Waals surface area contributed by atoms with Gasteiger partial charge in [0.15, 0.2) is 11.6 Å². The Morgan fingerprint density at radius 2 is 0.822 bits per heavy atom. The second-order valence-corrected chi connectivity index (χ2v) is 18.9. The molecule has 6 rings (SSSR count). The van der Waals surface area contributed by atoms with E-state index >= 15 is 0 Å². The molecule has 3 aliphatic carbocycles. The average molecular weight is 643 g/mol. The van der Waals surface area contributed by atoms with Crippen LogP contribution in [0.1, 0.15) is 94.2 Å². The van der Waals surface area contributed by atoms with E-state index in [2.05, 4.69) is 120 Å². The van der Waals surface area contributed by atoms with Gasteiger partial charge in [0.2, 0.25) is 5.79 Å². The molecule has 0 aromatic carbocycles. The van der Waals surface area contributed by atoms with Crippen LogP contribution in [0.25, 0.3) is 11.1 Å². The summed E-state index contributed by atoms with van der Waals surface area (Å²) in [6.45, 7) is 26.4. The summed E-state index contributed by atoms with van der Waals surface area (Å²) >= 11 is 3.49. The number of thiophene rings is 2. The molecule has 2 aromatic rings. The number of fused-ring (bicyclic) bond motifs is 4. The molecule has 1 aliphatic heterocycles. The Hall–Kier alpha value is -2.64. The van der Waals surface area contributed by atoms with E-state index in [4.69, 9.17) is 9.47 Å². The molecule has 1 spiro atoms. The van der Waals surface area contributed by atoms with Gasteiger partial charge in [-0.05, 0) is 69.2 Å². The summed E-state index contributed by atoms with van der Waals surface area (Å²) in [5.74, 6) is -0.662. The molecule has 0 bridgehead atoms. The Labute approximate surface area is 275 Å². The molecular formula is C39H46O4S2. The van der Waals surface area contributed by atoms with Gasteiger partial charge in [0.25, 0.3) is 0 Å². The molecule has 0 saturated carbocycles. The van der Waals surface area contributed by atoms with Crippen LogP contribution in [-0.4, -0.2) is 24.8 Å². The molecule has 3 heterocycles. The van der Waals surface area contributed by atoms with E-state index in [1.54, 1.807) is 22.7 Å². The molecule has 2 aromatic heterocycles. The van der Waals surface area contributed by atoms with Crippen LogP contribution in [0.15, 0.2) is 58.7 Å². The van der Waals surface area contributed by atoms with Gasteiger partial charge < -0.3 is 9.47 Å². The zero-order chi connectivity index (χ0) is 33.1. The van der Waals surface area contributed by atoms with Crippen molar-refractivity contribution in [2.75, 3.05) is 13.2 Å². The molecule has 45 heavy (non-hydrogen) atoms. The fourth-order valence-electron chi connectivity index (χ4n) is 6.53. The molecule has 1 fully saturated rings. The van der Waals surface area contributed by atoms with Gasteiger partial charge >= 0.3 is 0 Å². The van der Waals surface area contributed by atoms with Crippen molar-refractivity contribution < 1.29 is 19.1 Å². The number of ether oxygens (including phenoxy) is 2. The van der Waals surface area contributed by atoms with Crippen molar-refractivity contribution in [1.29, 1.82) is 0 Å². The van der Waals surface area contributed by atoms with Crippen LogP contribution in [0, 0.1) is 30.7 Å². The summed E-state index contributed by atoms with van der Waals surface area (Å²) < 4.78 is 17.5. The lowest BCUT2D eigenvalue weighted by atomic mass is 9.72. The lowest BCUT2D eigenvalue weighted by Crippen LogP contribution is -2.29. The van der Waals surface area contributed by atoms with E-state index in [-0.39, 0.29) is 33.2 Å². The number of carbonyl (C=O) groups excluding carboxylic acids is 2. The number of hydrogen-bond acceptors (Lipinski definition) is 6. The molecule has 4 nitrogen and oxygen atoms in total. The minimum Gasteiger partial charge on any atom is -0.340 e. The second-order valence-electron chi connectivity index (χ2n) is 16.8. The Bertz CT molecular complexity index is 1790. The summed E-state index contributed by atoms with van der Waals surface area (Å²) in [5.41, 5.74) is 6.47. The van der Waals surface area contributed by atoms with Crippen molar-refractivity contribution >= 4 is 45.4 Å². The van der Waals surface area contributed by atoms with Crippen LogP contribution in [0.5, 0.6) is 0 Å². The van der Waals surface area contributed by atoms with E-state index in [1.807, 2.05) is 0 Å². The normalized spacial score (nSPS) is 20.4. The highest BCUT2D eigenvalue weighted by atomic mass is 32.1. The monoisotopic (exact) mass is 642 g/mol. The molecule has 0 amide bonds. The van der Waals surface area contributed by atoms with E-state index in [1.165, 1.54) is 0 Å². The van der Waals surface area contributed by atoms with E-state index < -0.39 is 5.79 Å². The Morgan fingerprint density at radius 3 is 1.09 bits per heavy atom. The third-order valence-corrected chi connectivity index (χ3v) is 11.6. The largest absolute Gasteiger partial charge is 0.340 e. The highest BCUT2D eigenvalue weighted by molar-refractivity contribution is 7.12. The first-order valence-electron chi connectivity index (χ1n) is 15.9. The molecule has 0 N–H and O–H groups in total. The number of carbonyl (C=O) groups is 2. The molecule has 1 saturated heterocycles. The number of ketones is 2. The summed E-state index contributed by atoms with van der Waals surface area (Å²) in [6.07, 6.45) is 8.37. The summed E-state index contributed by atoms with van der Waals surface area (Å²) in [7, 11) is 0. The van der Waals surface area contributed by atoms with Gasteiger partial charge in [-0.3, -0.25) is 9.59 Å². The Balaban J connectivity index is 1.68. The quantitative estimate of drug-likeness (QED) is 0.292. The van der Waals surface area contributed by atoms with Gasteiger partial charge in [0.05, 0.1) is 22.3 Å². The predicted molar refractivity (Wildman–Crippen MR) is 185 cm³/mol. The maximum Gasteiger partial charge on any atom is 0.225 e. The maximum absolute atomic E-state index is 13.6. The van der Waals surface area contributed by atoms with Crippen molar-refractivity contribution in [3.63, 3.8) is 0 Å². The minimum atomic E-state index is -0.940. The predicted octanol–water partition coefficient (Wildman–Crippen LogP) is 8.01. The first-order valence-corrected chi connectivity index (χ1v) is 17.6. The number of allylic oxidation sites excluding steroid dienone is 8. The molecule has 0 atom stereocenters. The van der Waals surface area contributed by atoms with Crippen LogP contribution in [0.4, 0.5) is 0 Å². The fraction of sp³-hybridized carbons (Fsp3) is 0.487. The lowest BCUT2D eigenvalue weighted by molar-refractivity contribution is -0.127. The van der Waals surface area contributed by atoms with Crippen molar-refractivity contribution in [1.82, 2.24) is 0 Å². The molecule has 6 heteroatoms. The van der Waals surface area contributed by atoms with Gasteiger partial charge in [-0.2, -0.15) is 0 Å². The van der Waals surface area contributed by atoms with Crippen LogP contribution in [0.2, 0.25) is 0 Å². The molecule has 238 valence electrons. The van der Waals surface area contributed by atoms with Crippen LogP contribution >= 0.6 is 22.7 Å². The molecule has 0 unspecified atom stereocenters. The summed E-state index contributed by atoms with van der Waals surface area (Å²) in [5, 5.41) is 0. The van der Waals surface area contributed by atoms with Crippen LogP contribution in [-0.2, 0) is 24.8 Å². The molecule has 0 radical (unpaired) electrons. The Morgan fingerprint density at radius 1 is 0.533 bits per heavy atom. The average Bonchev–Trinajstić information content (AvgIpc) is 3.66. The topological polar surface area (TPSA) is 52.6 Å². The zero-order valence-electron chi connectivity index (χ0n) is 28.8. The first-order chi connectivity index (χ1) is 20.6. The Kier molecular flexibility index (Phi) is 7.31. The number of hydrogen-bond donors (Lipinski definition) is 0. The van der Waals surface area contributed by atoms with Gasteiger partial charge in [-0.1, -0.05) is 83.1 Å². The van der Waals surface area contributed by atoms with Crippen LogP contribution in [0.3, 0.4) is 0 Å². The van der Waals surface area contributed by atoms with Gasteiger partial charge in [0, 0.05) is 42.5 Å². The molecule has 4 aliphatic rings. The SMILES string of the molecule is CC(C)(C)C1=CC(=c2cc3c(s2)=c2sc(=C4C=C(C(C)(C)C)C(=O)C(C(C)(C)C)=C4)cc2C32OCCO2)C=C(C(C)(C)C)C1=O. The van der Waals surface area contributed by atoms with Gasteiger partial charge in [-0.25, -0.2) is 0 Å². The van der Waals surface area contributed by atoms with Crippen molar-refractivity contribution in [3.05, 3.63) is 88.0 Å². The number of Topliss-reactive ketones (excluding diaryl/α,β-unsaturated/α-hetero) is 2. The van der Waals surface area contributed by atoms with Crippen molar-refractivity contribution in [2.24, 2.45) is 21.7 Å². The maximum atomic E-state index is 13.6. The highest BCUT2D eigenvalue weighted by Crippen LogP contribution is 2.46. The van der Waals surface area contributed by atoms with E-state index in [9.17, 15) is 9.59 Å². The zero-order valence-corrected chi connectivity index (χ0v) is 30.5. The third kappa shape index (κ3) is 5.26. The highest BCUT2D eigenvalue weighted by Gasteiger charge is 2.47. The number of rotatable bonds is 0. The molecular weight excluding hydrogens is 597 g/mol. The second kappa shape index (κ2) is 10.2. The first kappa shape index (κ1) is 32.3. The fourth-order valence-corrected chi connectivity index (χ4v) is 9.06. The third-order valence-electron chi connectivity index (χ3n) is 9.05. The smallest absolute Gasteiger partial charge is 0.225 e. The standard InChI is InChI=1S/C39H46O4S2/c1-35(2,3)23-15-21(16-24(31(23)40)36(4,5)6)29-19-27-33(44-29)34-28(39(27)42-13-14-43-39)20-30(45-34)22-17-25(37(7,8)9)32(41)26(18-22)38(10,11)12/h15-20H,13-14H2,1-12H3. The summed E-state index contributed by atoms with van der Waals surface area (Å²) in [4.78, 5) is 27.3. The summed E-state index contributed by atoms with van der Waals surface area (Å²) in [6, 6.07) is 4.44. The van der Waals surface area contributed by atoms with Gasteiger partial charge in [0.1, 0.15) is 0 Å². The minimum absolute atomic E-state index is 0.139. The van der Waals surface area contributed by atoms with E-state index in [0.717, 1.165) is 62.7 Å². The van der Waals surface area contributed by atoms with Crippen LogP contribution < -0.4 is 9.06 Å².